The highest BCUT2D eigenvalue weighted by Crippen LogP contribution is 2.33. The molecule has 12 heteroatoms. The molecule has 0 radical (unpaired) electrons. The summed E-state index contributed by atoms with van der Waals surface area (Å²) < 4.78 is 39.0. The van der Waals surface area contributed by atoms with E-state index in [-0.39, 0.29) is 24.1 Å². The van der Waals surface area contributed by atoms with E-state index in [0.29, 0.717) is 31.6 Å². The van der Waals surface area contributed by atoms with Gasteiger partial charge in [0.1, 0.15) is 29.2 Å². The van der Waals surface area contributed by atoms with Gasteiger partial charge in [-0.25, -0.2) is 18.6 Å². The highest BCUT2D eigenvalue weighted by atomic mass is 19.1. The molecule has 3 atom stereocenters. The molecule has 1 aromatic carbocycles. The molecule has 2 aromatic rings. The Bertz CT molecular complexity index is 1140. The molecule has 4 rings (SSSR count). The molecule has 3 N–H and O–H groups in total. The molecule has 0 bridgehead atoms. The van der Waals surface area contributed by atoms with E-state index in [0.717, 1.165) is 12.1 Å². The topological polar surface area (TPSA) is 122 Å². The lowest BCUT2D eigenvalue weighted by molar-refractivity contribution is -0.131. The number of amides is 3. The number of ether oxygens (including phenoxy) is 2. The van der Waals surface area contributed by atoms with E-state index in [1.807, 2.05) is 0 Å². The van der Waals surface area contributed by atoms with Gasteiger partial charge in [-0.1, -0.05) is 12.1 Å². The molecular weight excluding hydrogens is 488 g/mol. The molecule has 2 aliphatic rings. The molecule has 1 saturated heterocycles. The third-order valence-electron chi connectivity index (χ3n) is 6.58. The van der Waals surface area contributed by atoms with Gasteiger partial charge in [-0.05, 0) is 50.9 Å². The van der Waals surface area contributed by atoms with Crippen molar-refractivity contribution in [1.82, 2.24) is 15.6 Å². The number of rotatable bonds is 7. The molecule has 3 amide bonds. The van der Waals surface area contributed by atoms with E-state index >= 15 is 0 Å². The van der Waals surface area contributed by atoms with E-state index in [4.69, 9.17) is 9.47 Å². The van der Waals surface area contributed by atoms with Crippen LogP contribution in [-0.2, 0) is 25.5 Å². The first-order valence-electron chi connectivity index (χ1n) is 12.0. The number of hydrogen-bond donors (Lipinski definition) is 3. The molecule has 0 unspecified atom stereocenters. The van der Waals surface area contributed by atoms with Gasteiger partial charge >= 0.3 is 6.09 Å². The molecule has 37 heavy (non-hydrogen) atoms. The number of pyridine rings is 1. The fraction of sp³-hybridized carbons (Fsp3) is 0.440. The average molecular weight is 518 g/mol. The van der Waals surface area contributed by atoms with Gasteiger partial charge in [-0.3, -0.25) is 19.8 Å². The smallest absolute Gasteiger partial charge is 0.413 e. The van der Waals surface area contributed by atoms with E-state index in [1.54, 1.807) is 26.1 Å². The van der Waals surface area contributed by atoms with Crippen molar-refractivity contribution in [3.63, 3.8) is 0 Å². The number of likely N-dealkylation sites (N-methyl/N-ethyl adjacent to an activating group) is 1. The second kappa shape index (κ2) is 11.6. The summed E-state index contributed by atoms with van der Waals surface area (Å²) in [6.45, 7) is 2.56. The molecule has 1 fully saturated rings. The van der Waals surface area contributed by atoms with E-state index in [1.165, 1.54) is 17.2 Å². The average Bonchev–Trinajstić information content (AvgIpc) is 3.26. The maximum Gasteiger partial charge on any atom is 0.413 e. The highest BCUT2D eigenvalue weighted by molar-refractivity contribution is 6.01. The van der Waals surface area contributed by atoms with Crippen LogP contribution in [0.4, 0.5) is 25.1 Å². The summed E-state index contributed by atoms with van der Waals surface area (Å²) in [5.74, 6) is -2.74. The van der Waals surface area contributed by atoms with Crippen molar-refractivity contribution >= 4 is 29.4 Å². The highest BCUT2D eigenvalue weighted by Gasteiger charge is 2.43. The minimum absolute atomic E-state index is 0.115. The monoisotopic (exact) mass is 517 g/mol. The van der Waals surface area contributed by atoms with Gasteiger partial charge in [0.15, 0.2) is 6.23 Å². The Morgan fingerprint density at radius 3 is 2.51 bits per heavy atom. The lowest BCUT2D eigenvalue weighted by atomic mass is 9.90. The summed E-state index contributed by atoms with van der Waals surface area (Å²) in [6, 6.07) is 5.11. The van der Waals surface area contributed by atoms with Gasteiger partial charge in [0.2, 0.25) is 5.91 Å². The lowest BCUT2D eigenvalue weighted by Crippen LogP contribution is -2.58. The second-order valence-corrected chi connectivity index (χ2v) is 8.93. The summed E-state index contributed by atoms with van der Waals surface area (Å²) in [4.78, 5) is 44.9. The van der Waals surface area contributed by atoms with Crippen LogP contribution in [0, 0.1) is 17.6 Å². The zero-order valence-corrected chi connectivity index (χ0v) is 20.5. The fourth-order valence-corrected chi connectivity index (χ4v) is 4.42. The Labute approximate surface area is 212 Å². The zero-order valence-electron chi connectivity index (χ0n) is 20.5. The first kappa shape index (κ1) is 26.4. The molecule has 0 saturated carbocycles. The molecule has 2 aliphatic heterocycles. The van der Waals surface area contributed by atoms with Gasteiger partial charge in [-0.15, -0.1) is 0 Å². The van der Waals surface area contributed by atoms with Crippen LogP contribution >= 0.6 is 0 Å². The minimum Gasteiger partial charge on any atom is -0.424 e. The van der Waals surface area contributed by atoms with Gasteiger partial charge in [0.25, 0.3) is 5.91 Å². The number of carbonyl (C=O) groups is 3. The third kappa shape index (κ3) is 5.86. The number of nitrogens with zero attached hydrogens (tertiary/aromatic N) is 2. The van der Waals surface area contributed by atoms with Crippen LogP contribution in [0.15, 0.2) is 36.5 Å². The van der Waals surface area contributed by atoms with Crippen molar-refractivity contribution < 1.29 is 32.6 Å². The molecule has 0 aliphatic carbocycles. The van der Waals surface area contributed by atoms with Crippen LogP contribution < -0.4 is 20.9 Å². The Kier molecular flexibility index (Phi) is 8.29. The number of hydrogen-bond acceptors (Lipinski definition) is 7. The Hall–Kier alpha value is -3.64. The van der Waals surface area contributed by atoms with Crippen LogP contribution in [0.3, 0.4) is 0 Å². The summed E-state index contributed by atoms with van der Waals surface area (Å²) in [7, 11) is 1.64. The maximum absolute atomic E-state index is 14.0. The van der Waals surface area contributed by atoms with Gasteiger partial charge in [0.05, 0.1) is 6.04 Å². The van der Waals surface area contributed by atoms with Crippen LogP contribution in [0.2, 0.25) is 0 Å². The van der Waals surface area contributed by atoms with Gasteiger partial charge < -0.3 is 20.1 Å². The second-order valence-electron chi connectivity index (χ2n) is 8.93. The van der Waals surface area contributed by atoms with Crippen LogP contribution in [-0.4, -0.2) is 61.5 Å². The minimum atomic E-state index is -1.15. The predicted molar refractivity (Wildman–Crippen MR) is 130 cm³/mol. The predicted octanol–water partition coefficient (Wildman–Crippen LogP) is 2.34. The first-order valence-corrected chi connectivity index (χ1v) is 12.0. The van der Waals surface area contributed by atoms with E-state index < -0.39 is 47.6 Å². The maximum atomic E-state index is 14.0. The summed E-state index contributed by atoms with van der Waals surface area (Å²) in [5.41, 5.74) is -0.0150. The largest absolute Gasteiger partial charge is 0.424 e. The third-order valence-corrected chi connectivity index (χ3v) is 6.58. The number of fused-ring (bicyclic) bond motifs is 1. The first-order chi connectivity index (χ1) is 17.8. The fourth-order valence-electron chi connectivity index (χ4n) is 4.42. The number of aromatic nitrogens is 1. The molecule has 198 valence electrons. The van der Waals surface area contributed by atoms with Crippen LogP contribution in [0.1, 0.15) is 25.3 Å². The summed E-state index contributed by atoms with van der Waals surface area (Å²) in [6.07, 6.45) is 0.423. The summed E-state index contributed by atoms with van der Waals surface area (Å²) >= 11 is 0. The van der Waals surface area contributed by atoms with Crippen molar-refractivity contribution in [2.45, 2.75) is 44.5 Å². The van der Waals surface area contributed by atoms with Gasteiger partial charge in [0, 0.05) is 31.4 Å². The zero-order chi connectivity index (χ0) is 26.5. The van der Waals surface area contributed by atoms with Crippen molar-refractivity contribution in [2.24, 2.45) is 5.92 Å². The van der Waals surface area contributed by atoms with Crippen molar-refractivity contribution in [1.29, 1.82) is 0 Å². The number of halogens is 2. The van der Waals surface area contributed by atoms with E-state index in [9.17, 15) is 23.2 Å². The molecule has 0 spiro atoms. The molecule has 1 aromatic heterocycles. The number of carbonyl (C=O) groups excluding carboxylic acids is 3. The normalized spacial score (nSPS) is 19.0. The van der Waals surface area contributed by atoms with Crippen molar-refractivity contribution in [3.8, 4) is 0 Å². The quantitative estimate of drug-likeness (QED) is 0.515. The number of benzene rings is 1. The molecule has 10 nitrogen and oxygen atoms in total. The Balaban J connectivity index is 1.60. The summed E-state index contributed by atoms with van der Waals surface area (Å²) in [5, 5.41) is 7.77. The Morgan fingerprint density at radius 1 is 1.14 bits per heavy atom. The SMILES string of the molecule is CN[C@@H](C)C(=O)N[C@H](C(=O)N1c2ncccc2C[C@@H]1OC(=O)Nc1c(F)cccc1F)C1CCOCC1. The van der Waals surface area contributed by atoms with Crippen LogP contribution in [0.5, 0.6) is 0 Å². The number of para-hydroxylation sites is 1. The number of nitrogens with one attached hydrogen (secondary N) is 3. The van der Waals surface area contributed by atoms with Crippen LogP contribution in [0.25, 0.3) is 0 Å². The number of anilines is 2. The molecule has 3 heterocycles. The van der Waals surface area contributed by atoms with E-state index in [2.05, 4.69) is 20.9 Å². The Morgan fingerprint density at radius 2 is 1.84 bits per heavy atom. The molecular formula is C25H29F2N5O5. The van der Waals surface area contributed by atoms with Crippen molar-refractivity contribution in [2.75, 3.05) is 30.5 Å². The standard InChI is InChI=1S/C25H29F2N5O5/c1-14(28-2)23(33)30-20(15-8-11-36-12-9-15)24(34)32-19(13-16-5-4-10-29-22(16)32)37-25(35)31-21-17(26)6-3-7-18(21)27/h3-7,10,14-15,19-20,28H,8-9,11-13H2,1-2H3,(H,30,33)(H,31,35)/t14-,19-,20-/m0/s1. The van der Waals surface area contributed by atoms with Gasteiger partial charge in [-0.2, -0.15) is 0 Å². The van der Waals surface area contributed by atoms with Crippen molar-refractivity contribution in [3.05, 3.63) is 53.7 Å². The lowest BCUT2D eigenvalue weighted by Gasteiger charge is -2.34.